The Labute approximate surface area is 108 Å². The van der Waals surface area contributed by atoms with E-state index in [-0.39, 0.29) is 5.91 Å². The first-order chi connectivity index (χ1) is 8.50. The SMILES string of the molecule is CC1(C)CCN(Cc2cccc(C(=O)NN)c2)C1. The summed E-state index contributed by atoms with van der Waals surface area (Å²) >= 11 is 0. The molecule has 1 heterocycles. The fraction of sp³-hybridized carbons (Fsp3) is 0.500. The van der Waals surface area contributed by atoms with E-state index >= 15 is 0 Å². The molecule has 0 spiro atoms. The number of nitrogens with zero attached hydrogens (tertiary/aromatic N) is 1. The molecule has 1 aromatic rings. The minimum Gasteiger partial charge on any atom is -0.299 e. The highest BCUT2D eigenvalue weighted by Gasteiger charge is 2.28. The zero-order valence-corrected chi connectivity index (χ0v) is 11.1. The molecule has 0 bridgehead atoms. The minimum absolute atomic E-state index is 0.237. The number of hydrogen-bond donors (Lipinski definition) is 2. The first-order valence-corrected chi connectivity index (χ1v) is 6.32. The summed E-state index contributed by atoms with van der Waals surface area (Å²) in [5.41, 5.74) is 4.35. The van der Waals surface area contributed by atoms with Gasteiger partial charge in [0.1, 0.15) is 0 Å². The van der Waals surface area contributed by atoms with Gasteiger partial charge >= 0.3 is 0 Å². The van der Waals surface area contributed by atoms with Crippen LogP contribution in [0.3, 0.4) is 0 Å². The van der Waals surface area contributed by atoms with E-state index in [1.54, 1.807) is 6.07 Å². The zero-order valence-electron chi connectivity index (χ0n) is 11.1. The second-order valence-corrected chi connectivity index (χ2v) is 5.80. The molecule has 1 aliphatic heterocycles. The van der Waals surface area contributed by atoms with E-state index in [1.807, 2.05) is 12.1 Å². The predicted octanol–water partition coefficient (Wildman–Crippen LogP) is 1.52. The van der Waals surface area contributed by atoms with Gasteiger partial charge in [0.2, 0.25) is 0 Å². The quantitative estimate of drug-likeness (QED) is 0.484. The maximum absolute atomic E-state index is 11.5. The summed E-state index contributed by atoms with van der Waals surface area (Å²) in [4.78, 5) is 13.9. The first-order valence-electron chi connectivity index (χ1n) is 6.32. The van der Waals surface area contributed by atoms with Gasteiger partial charge in [0.25, 0.3) is 5.91 Å². The number of nitrogen functional groups attached to an aromatic ring is 1. The van der Waals surface area contributed by atoms with Gasteiger partial charge in [0, 0.05) is 18.7 Å². The molecule has 0 aromatic heterocycles. The largest absolute Gasteiger partial charge is 0.299 e. The highest BCUT2D eigenvalue weighted by molar-refractivity contribution is 5.93. The fourth-order valence-corrected chi connectivity index (χ4v) is 2.51. The van der Waals surface area contributed by atoms with Crippen molar-refractivity contribution in [1.82, 2.24) is 10.3 Å². The van der Waals surface area contributed by atoms with Crippen LogP contribution < -0.4 is 11.3 Å². The number of hydrazine groups is 1. The van der Waals surface area contributed by atoms with Gasteiger partial charge in [-0.1, -0.05) is 26.0 Å². The minimum atomic E-state index is -0.237. The van der Waals surface area contributed by atoms with Crippen molar-refractivity contribution in [3.05, 3.63) is 35.4 Å². The maximum atomic E-state index is 11.5. The van der Waals surface area contributed by atoms with Gasteiger partial charge in [0.05, 0.1) is 0 Å². The molecule has 0 aliphatic carbocycles. The summed E-state index contributed by atoms with van der Waals surface area (Å²) < 4.78 is 0. The molecule has 0 atom stereocenters. The molecular weight excluding hydrogens is 226 g/mol. The molecule has 4 heteroatoms. The van der Waals surface area contributed by atoms with E-state index < -0.39 is 0 Å². The monoisotopic (exact) mass is 247 g/mol. The van der Waals surface area contributed by atoms with E-state index in [2.05, 4.69) is 30.2 Å². The normalized spacial score (nSPS) is 18.8. The zero-order chi connectivity index (χ0) is 13.2. The molecule has 1 fully saturated rings. The van der Waals surface area contributed by atoms with Gasteiger partial charge < -0.3 is 0 Å². The van der Waals surface area contributed by atoms with E-state index in [0.717, 1.165) is 25.2 Å². The Morgan fingerprint density at radius 2 is 2.28 bits per heavy atom. The number of rotatable bonds is 3. The number of carbonyl (C=O) groups is 1. The number of carbonyl (C=O) groups excluding carboxylic acids is 1. The van der Waals surface area contributed by atoms with E-state index in [1.165, 1.54) is 6.42 Å². The average Bonchev–Trinajstić information content (AvgIpc) is 2.68. The number of nitrogens with two attached hydrogens (primary N) is 1. The molecule has 0 unspecified atom stereocenters. The third kappa shape index (κ3) is 3.09. The number of nitrogens with one attached hydrogen (secondary N) is 1. The summed E-state index contributed by atoms with van der Waals surface area (Å²) in [6.45, 7) is 7.73. The lowest BCUT2D eigenvalue weighted by molar-refractivity contribution is 0.0953. The standard InChI is InChI=1S/C14H21N3O/c1-14(2)6-7-17(10-14)9-11-4-3-5-12(8-11)13(18)16-15/h3-5,8H,6-7,9-10,15H2,1-2H3,(H,16,18). The first kappa shape index (κ1) is 13.1. The molecule has 1 amide bonds. The molecule has 98 valence electrons. The van der Waals surface area contributed by atoms with Crippen molar-refractivity contribution in [2.24, 2.45) is 11.3 Å². The van der Waals surface area contributed by atoms with Crippen molar-refractivity contribution in [1.29, 1.82) is 0 Å². The molecule has 0 saturated carbocycles. The van der Waals surface area contributed by atoms with Crippen molar-refractivity contribution in [2.75, 3.05) is 13.1 Å². The summed E-state index contributed by atoms with van der Waals surface area (Å²) in [6.07, 6.45) is 1.23. The molecular formula is C14H21N3O. The Hall–Kier alpha value is -1.39. The van der Waals surface area contributed by atoms with Gasteiger partial charge in [-0.3, -0.25) is 15.1 Å². The second kappa shape index (κ2) is 5.08. The van der Waals surface area contributed by atoms with Gasteiger partial charge in [-0.05, 0) is 36.1 Å². The van der Waals surface area contributed by atoms with Gasteiger partial charge in [0.15, 0.2) is 0 Å². The van der Waals surface area contributed by atoms with E-state index in [0.29, 0.717) is 11.0 Å². The fourth-order valence-electron chi connectivity index (χ4n) is 2.51. The Kier molecular flexibility index (Phi) is 3.68. The van der Waals surface area contributed by atoms with Crippen molar-refractivity contribution in [2.45, 2.75) is 26.8 Å². The lowest BCUT2D eigenvalue weighted by Gasteiger charge is -2.19. The summed E-state index contributed by atoms with van der Waals surface area (Å²) in [5, 5.41) is 0. The molecule has 4 nitrogen and oxygen atoms in total. The molecule has 1 aromatic carbocycles. The van der Waals surface area contributed by atoms with Crippen LogP contribution in [0.4, 0.5) is 0 Å². The van der Waals surface area contributed by atoms with Crippen LogP contribution in [-0.2, 0) is 6.54 Å². The number of benzene rings is 1. The Morgan fingerprint density at radius 3 is 2.89 bits per heavy atom. The van der Waals surface area contributed by atoms with E-state index in [4.69, 9.17) is 5.84 Å². The van der Waals surface area contributed by atoms with Crippen LogP contribution in [0.5, 0.6) is 0 Å². The smallest absolute Gasteiger partial charge is 0.265 e. The summed E-state index contributed by atoms with van der Waals surface area (Å²) in [7, 11) is 0. The van der Waals surface area contributed by atoms with Crippen molar-refractivity contribution >= 4 is 5.91 Å². The van der Waals surface area contributed by atoms with E-state index in [9.17, 15) is 4.79 Å². The maximum Gasteiger partial charge on any atom is 0.265 e. The van der Waals surface area contributed by atoms with Gasteiger partial charge in [-0.15, -0.1) is 0 Å². The Morgan fingerprint density at radius 1 is 1.50 bits per heavy atom. The summed E-state index contributed by atoms with van der Waals surface area (Å²) in [6, 6.07) is 7.65. The van der Waals surface area contributed by atoms with Crippen LogP contribution in [0.1, 0.15) is 36.2 Å². The Balaban J connectivity index is 2.04. The van der Waals surface area contributed by atoms with Crippen LogP contribution >= 0.6 is 0 Å². The highest BCUT2D eigenvalue weighted by Crippen LogP contribution is 2.29. The highest BCUT2D eigenvalue weighted by atomic mass is 16.2. The predicted molar refractivity (Wildman–Crippen MR) is 71.8 cm³/mol. The van der Waals surface area contributed by atoms with Crippen molar-refractivity contribution in [3.63, 3.8) is 0 Å². The molecule has 1 aliphatic rings. The molecule has 3 N–H and O–H groups in total. The van der Waals surface area contributed by atoms with Crippen LogP contribution in [0.2, 0.25) is 0 Å². The van der Waals surface area contributed by atoms with Crippen LogP contribution in [0.25, 0.3) is 0 Å². The lowest BCUT2D eigenvalue weighted by Crippen LogP contribution is -2.30. The third-order valence-corrected chi connectivity index (χ3v) is 3.48. The molecule has 1 saturated heterocycles. The van der Waals surface area contributed by atoms with Crippen LogP contribution in [-0.4, -0.2) is 23.9 Å². The van der Waals surface area contributed by atoms with Gasteiger partial charge in [-0.25, -0.2) is 5.84 Å². The molecule has 0 radical (unpaired) electrons. The van der Waals surface area contributed by atoms with Crippen LogP contribution in [0, 0.1) is 5.41 Å². The van der Waals surface area contributed by atoms with Crippen molar-refractivity contribution in [3.8, 4) is 0 Å². The molecule has 2 rings (SSSR count). The summed E-state index contributed by atoms with van der Waals surface area (Å²) in [5.74, 6) is 4.91. The number of likely N-dealkylation sites (tertiary alicyclic amines) is 1. The number of hydrogen-bond acceptors (Lipinski definition) is 3. The lowest BCUT2D eigenvalue weighted by atomic mass is 9.93. The average molecular weight is 247 g/mol. The molecule has 18 heavy (non-hydrogen) atoms. The van der Waals surface area contributed by atoms with Crippen molar-refractivity contribution < 1.29 is 4.79 Å². The van der Waals surface area contributed by atoms with Gasteiger partial charge in [-0.2, -0.15) is 0 Å². The number of amides is 1. The topological polar surface area (TPSA) is 58.4 Å². The second-order valence-electron chi connectivity index (χ2n) is 5.80. The van der Waals surface area contributed by atoms with Crippen LogP contribution in [0.15, 0.2) is 24.3 Å². The Bertz CT molecular complexity index is 442. The third-order valence-electron chi connectivity index (χ3n) is 3.48.